The van der Waals surface area contributed by atoms with Gasteiger partial charge in [-0.1, -0.05) is 97.8 Å². The summed E-state index contributed by atoms with van der Waals surface area (Å²) in [6.45, 7) is 4.07. The van der Waals surface area contributed by atoms with Gasteiger partial charge in [0.2, 0.25) is 5.91 Å². The molecule has 3 atom stereocenters. The number of benzene rings is 3. The van der Waals surface area contributed by atoms with Crippen molar-refractivity contribution in [1.29, 1.82) is 0 Å². The normalized spacial score (nSPS) is 19.4. The van der Waals surface area contributed by atoms with Crippen LogP contribution in [-0.2, 0) is 17.9 Å². The third-order valence-corrected chi connectivity index (χ3v) is 7.23. The van der Waals surface area contributed by atoms with Gasteiger partial charge in [0.1, 0.15) is 13.1 Å². The van der Waals surface area contributed by atoms with E-state index >= 15 is 0 Å². The predicted molar refractivity (Wildman–Crippen MR) is 140 cm³/mol. The molecule has 1 amide bonds. The van der Waals surface area contributed by atoms with Crippen molar-refractivity contribution in [1.82, 2.24) is 5.32 Å². The van der Waals surface area contributed by atoms with Crippen LogP contribution in [0.5, 0.6) is 0 Å². The van der Waals surface area contributed by atoms with Gasteiger partial charge >= 0.3 is 0 Å². The Bertz CT molecular complexity index is 1040. The van der Waals surface area contributed by atoms with Crippen LogP contribution in [0.1, 0.15) is 66.8 Å². The molecule has 0 unspecified atom stereocenters. The molecule has 3 aromatic rings. The van der Waals surface area contributed by atoms with Crippen molar-refractivity contribution in [3.05, 3.63) is 107 Å². The average molecular weight is 456 g/mol. The maximum Gasteiger partial charge on any atom is 0.224 e. The number of quaternary nitrogens is 1. The van der Waals surface area contributed by atoms with E-state index in [1.165, 1.54) is 23.1 Å². The maximum atomic E-state index is 13.3. The summed E-state index contributed by atoms with van der Waals surface area (Å²) >= 11 is 0. The summed E-state index contributed by atoms with van der Waals surface area (Å²) in [5.41, 5.74) is 5.18. The molecule has 3 heteroatoms. The number of nitrogens with one attached hydrogen (secondary N) is 1. The molecule has 1 N–H and O–H groups in total. The van der Waals surface area contributed by atoms with Gasteiger partial charge in [0, 0.05) is 17.0 Å². The molecule has 178 valence electrons. The van der Waals surface area contributed by atoms with E-state index in [1.54, 1.807) is 0 Å². The fourth-order valence-corrected chi connectivity index (χ4v) is 5.49. The zero-order valence-corrected chi connectivity index (χ0v) is 20.9. The van der Waals surface area contributed by atoms with Crippen LogP contribution < -0.4 is 5.32 Å². The molecule has 0 radical (unpaired) electrons. The van der Waals surface area contributed by atoms with Gasteiger partial charge < -0.3 is 9.80 Å². The Hall–Kier alpha value is -2.91. The third kappa shape index (κ3) is 6.36. The largest absolute Gasteiger partial charge is 0.349 e. The highest BCUT2D eigenvalue weighted by Crippen LogP contribution is 2.38. The topological polar surface area (TPSA) is 29.1 Å². The van der Waals surface area contributed by atoms with Crippen molar-refractivity contribution in [2.45, 2.75) is 57.7 Å². The van der Waals surface area contributed by atoms with Gasteiger partial charge in [-0.25, -0.2) is 0 Å². The molecule has 0 heterocycles. The molecule has 0 aromatic heterocycles. The van der Waals surface area contributed by atoms with Crippen LogP contribution in [-0.4, -0.2) is 24.5 Å². The Morgan fingerprint density at radius 2 is 1.38 bits per heavy atom. The summed E-state index contributed by atoms with van der Waals surface area (Å²) in [4.78, 5) is 13.3. The lowest BCUT2D eigenvalue weighted by Gasteiger charge is -2.32. The lowest BCUT2D eigenvalue weighted by Crippen LogP contribution is -2.38. The van der Waals surface area contributed by atoms with E-state index in [0.29, 0.717) is 5.92 Å². The minimum absolute atomic E-state index is 0.0308. The van der Waals surface area contributed by atoms with Gasteiger partial charge in [0.15, 0.2) is 0 Å². The number of amides is 1. The highest BCUT2D eigenvalue weighted by molar-refractivity contribution is 5.80. The monoisotopic (exact) mass is 455 g/mol. The molecule has 4 rings (SSSR count). The first-order valence-corrected chi connectivity index (χ1v) is 12.7. The number of rotatable bonds is 8. The second-order valence-corrected chi connectivity index (χ2v) is 10.6. The Morgan fingerprint density at radius 1 is 0.824 bits per heavy atom. The van der Waals surface area contributed by atoms with E-state index in [0.717, 1.165) is 42.4 Å². The second-order valence-electron chi connectivity index (χ2n) is 10.6. The summed E-state index contributed by atoms with van der Waals surface area (Å²) in [5, 5.41) is 3.29. The first-order valence-electron chi connectivity index (χ1n) is 12.7. The second kappa shape index (κ2) is 11.0. The van der Waals surface area contributed by atoms with E-state index in [-0.39, 0.29) is 17.9 Å². The molecule has 0 spiro atoms. The lowest BCUT2D eigenvalue weighted by atomic mass is 9.74. The first-order chi connectivity index (χ1) is 16.4. The van der Waals surface area contributed by atoms with Gasteiger partial charge in [0.05, 0.1) is 20.1 Å². The quantitative estimate of drug-likeness (QED) is 0.380. The molecule has 1 aliphatic rings. The first kappa shape index (κ1) is 24.2. The fraction of sp³-hybridized carbons (Fsp3) is 0.387. The Kier molecular flexibility index (Phi) is 7.84. The molecule has 1 saturated carbocycles. The van der Waals surface area contributed by atoms with Crippen molar-refractivity contribution >= 4 is 5.91 Å². The van der Waals surface area contributed by atoms with Crippen molar-refractivity contribution < 1.29 is 9.28 Å². The molecule has 0 aliphatic heterocycles. The number of carbonyl (C=O) groups is 1. The number of nitrogens with zero attached hydrogens (tertiary/aromatic N) is 1. The fourth-order valence-electron chi connectivity index (χ4n) is 5.49. The Balaban J connectivity index is 1.41. The standard InChI is InChI=1S/C31H38N2O/c1-24(27-14-8-5-9-15-27)32-31(34)30-17-11-10-16-29(30)28-20-18-26(19-21-28)23-33(2,3)22-25-12-6-4-7-13-25/h4-9,12-15,18-21,24,29-30H,10-11,16-17,22-23H2,1-3H3/p+1/t24-,29+,30-/m0/s1. The summed E-state index contributed by atoms with van der Waals surface area (Å²) < 4.78 is 0.912. The van der Waals surface area contributed by atoms with Crippen LogP contribution in [0.4, 0.5) is 0 Å². The third-order valence-electron chi connectivity index (χ3n) is 7.23. The molecule has 34 heavy (non-hydrogen) atoms. The molecular weight excluding hydrogens is 416 g/mol. The zero-order valence-electron chi connectivity index (χ0n) is 20.9. The summed E-state index contributed by atoms with van der Waals surface area (Å²) in [6.07, 6.45) is 4.40. The van der Waals surface area contributed by atoms with Crippen LogP contribution >= 0.6 is 0 Å². The van der Waals surface area contributed by atoms with Crippen molar-refractivity contribution in [2.75, 3.05) is 14.1 Å². The van der Waals surface area contributed by atoms with Gasteiger partial charge in [0.25, 0.3) is 0 Å². The summed E-state index contributed by atoms with van der Waals surface area (Å²) in [6, 6.07) is 30.1. The molecule has 3 nitrogen and oxygen atoms in total. The van der Waals surface area contributed by atoms with Crippen LogP contribution in [0.3, 0.4) is 0 Å². The maximum absolute atomic E-state index is 13.3. The van der Waals surface area contributed by atoms with Crippen molar-refractivity contribution in [2.24, 2.45) is 5.92 Å². The van der Waals surface area contributed by atoms with Gasteiger partial charge in [-0.05, 0) is 36.8 Å². The van der Waals surface area contributed by atoms with Gasteiger partial charge in [-0.3, -0.25) is 4.79 Å². The van der Waals surface area contributed by atoms with E-state index in [1.807, 2.05) is 18.2 Å². The lowest BCUT2D eigenvalue weighted by molar-refractivity contribution is -0.916. The zero-order chi connectivity index (χ0) is 24.0. The Morgan fingerprint density at radius 3 is 2.03 bits per heavy atom. The van der Waals surface area contributed by atoms with Gasteiger partial charge in [-0.2, -0.15) is 0 Å². The molecule has 1 fully saturated rings. The van der Waals surface area contributed by atoms with E-state index in [9.17, 15) is 4.79 Å². The van der Waals surface area contributed by atoms with Crippen LogP contribution in [0.2, 0.25) is 0 Å². The van der Waals surface area contributed by atoms with Crippen LogP contribution in [0, 0.1) is 5.92 Å². The number of carbonyl (C=O) groups excluding carboxylic acids is 1. The van der Waals surface area contributed by atoms with Crippen molar-refractivity contribution in [3.63, 3.8) is 0 Å². The molecule has 1 aliphatic carbocycles. The smallest absolute Gasteiger partial charge is 0.224 e. The number of hydrogen-bond acceptors (Lipinski definition) is 1. The minimum atomic E-state index is 0.0308. The molecule has 0 saturated heterocycles. The van der Waals surface area contributed by atoms with Crippen LogP contribution in [0.25, 0.3) is 0 Å². The molecular formula is C31H39N2O+. The van der Waals surface area contributed by atoms with E-state index in [2.05, 4.69) is 93.1 Å². The van der Waals surface area contributed by atoms with E-state index in [4.69, 9.17) is 0 Å². The number of hydrogen-bond donors (Lipinski definition) is 1. The summed E-state index contributed by atoms with van der Waals surface area (Å²) in [5.74, 6) is 0.555. The highest BCUT2D eigenvalue weighted by Gasteiger charge is 2.32. The predicted octanol–water partition coefficient (Wildman–Crippen LogP) is 6.61. The Labute approximate surface area is 205 Å². The van der Waals surface area contributed by atoms with Gasteiger partial charge in [-0.15, -0.1) is 0 Å². The molecule has 3 aromatic carbocycles. The SMILES string of the molecule is C[C@H](NC(=O)[C@H]1CCCC[C@@H]1c1ccc(C[N+](C)(C)Cc2ccccc2)cc1)c1ccccc1. The van der Waals surface area contributed by atoms with Crippen LogP contribution in [0.15, 0.2) is 84.9 Å². The minimum Gasteiger partial charge on any atom is -0.349 e. The summed E-state index contributed by atoms with van der Waals surface area (Å²) in [7, 11) is 4.58. The molecule has 0 bridgehead atoms. The van der Waals surface area contributed by atoms with E-state index < -0.39 is 0 Å². The highest BCUT2D eigenvalue weighted by atomic mass is 16.2. The average Bonchev–Trinajstić information content (AvgIpc) is 2.85. The van der Waals surface area contributed by atoms with Crippen molar-refractivity contribution in [3.8, 4) is 0 Å².